The number of hydrogen-bond donors (Lipinski definition) is 0. The summed E-state index contributed by atoms with van der Waals surface area (Å²) in [4.78, 5) is 10.9. The van der Waals surface area contributed by atoms with Crippen LogP contribution in [0.1, 0.15) is 24.2 Å². The van der Waals surface area contributed by atoms with Crippen molar-refractivity contribution in [3.05, 3.63) is 36.2 Å². The molecule has 0 spiro atoms. The van der Waals surface area contributed by atoms with Gasteiger partial charge < -0.3 is 4.57 Å². The lowest BCUT2D eigenvalue weighted by Crippen LogP contribution is -1.92. The monoisotopic (exact) mass is 163 g/mol. The number of carbonyl (C=O) groups excluding carboxylic acids is 1. The number of allylic oxidation sites excluding steroid dienone is 2. The van der Waals surface area contributed by atoms with Crippen LogP contribution in [-0.4, -0.2) is 10.4 Å². The highest BCUT2D eigenvalue weighted by Gasteiger charge is 1.99. The van der Waals surface area contributed by atoms with Crippen molar-refractivity contribution in [3.8, 4) is 0 Å². The maximum Gasteiger partial charge on any atom is 0.161 e. The molecule has 64 valence electrons. The summed E-state index contributed by atoms with van der Waals surface area (Å²) in [5, 5.41) is 0. The number of hydrogen-bond acceptors (Lipinski definition) is 1. The van der Waals surface area contributed by atoms with Crippen molar-refractivity contribution in [1.29, 1.82) is 0 Å². The number of rotatable bonds is 3. The van der Waals surface area contributed by atoms with Crippen LogP contribution in [-0.2, 0) is 6.54 Å². The molecule has 0 bridgehead atoms. The molecule has 0 radical (unpaired) electrons. The predicted octanol–water partition coefficient (Wildman–Crippen LogP) is 2.27. The van der Waals surface area contributed by atoms with Gasteiger partial charge in [0.05, 0.1) is 0 Å². The molecule has 1 aromatic heterocycles. The summed E-state index contributed by atoms with van der Waals surface area (Å²) in [6.07, 6.45) is 7.82. The quantitative estimate of drug-likeness (QED) is 0.495. The van der Waals surface area contributed by atoms with Crippen molar-refractivity contribution in [3.63, 3.8) is 0 Å². The van der Waals surface area contributed by atoms with Gasteiger partial charge in [-0.15, -0.1) is 0 Å². The standard InChI is InChI=1S/C10H13NO/c1-3-4-6-11-7-5-10(8-11)9(2)12/h3-5,7-8H,6H2,1-2H3. The molecule has 0 aliphatic carbocycles. The van der Waals surface area contributed by atoms with Gasteiger partial charge in [-0.25, -0.2) is 0 Å². The fourth-order valence-electron chi connectivity index (χ4n) is 0.990. The molecular weight excluding hydrogens is 150 g/mol. The summed E-state index contributed by atoms with van der Waals surface area (Å²) in [5.41, 5.74) is 0.777. The third-order valence-corrected chi connectivity index (χ3v) is 1.71. The van der Waals surface area contributed by atoms with Gasteiger partial charge in [-0.1, -0.05) is 12.2 Å². The molecule has 12 heavy (non-hydrogen) atoms. The Morgan fingerprint density at radius 3 is 2.92 bits per heavy atom. The van der Waals surface area contributed by atoms with E-state index in [9.17, 15) is 4.79 Å². The number of Topliss-reactive ketones (excluding diaryl/α,β-unsaturated/α-hetero) is 1. The summed E-state index contributed by atoms with van der Waals surface area (Å²) in [7, 11) is 0. The number of carbonyl (C=O) groups is 1. The average molecular weight is 163 g/mol. The summed E-state index contributed by atoms with van der Waals surface area (Å²) in [6.45, 7) is 4.40. The van der Waals surface area contributed by atoms with E-state index in [1.807, 2.05) is 42.1 Å². The second kappa shape index (κ2) is 3.90. The molecule has 0 aliphatic rings. The van der Waals surface area contributed by atoms with Crippen LogP contribution in [0.25, 0.3) is 0 Å². The van der Waals surface area contributed by atoms with Crippen molar-refractivity contribution in [2.45, 2.75) is 20.4 Å². The molecule has 0 N–H and O–H groups in total. The average Bonchev–Trinajstić information content (AvgIpc) is 2.48. The zero-order chi connectivity index (χ0) is 8.97. The minimum Gasteiger partial charge on any atom is -0.350 e. The van der Waals surface area contributed by atoms with Crippen LogP contribution < -0.4 is 0 Å². The van der Waals surface area contributed by atoms with Crippen molar-refractivity contribution in [1.82, 2.24) is 4.57 Å². The molecule has 1 rings (SSSR count). The van der Waals surface area contributed by atoms with Gasteiger partial charge in [-0.2, -0.15) is 0 Å². The maximum absolute atomic E-state index is 10.9. The second-order valence-electron chi connectivity index (χ2n) is 2.72. The first-order valence-corrected chi connectivity index (χ1v) is 4.02. The van der Waals surface area contributed by atoms with E-state index in [0.29, 0.717) is 0 Å². The molecule has 0 amide bonds. The molecule has 0 saturated carbocycles. The number of aromatic nitrogens is 1. The molecule has 2 nitrogen and oxygen atoms in total. The number of ketones is 1. The van der Waals surface area contributed by atoms with Crippen LogP contribution in [0, 0.1) is 0 Å². The highest BCUT2D eigenvalue weighted by molar-refractivity contribution is 5.93. The largest absolute Gasteiger partial charge is 0.350 e. The SMILES string of the molecule is CC=CCn1ccc(C(C)=O)c1. The summed E-state index contributed by atoms with van der Waals surface area (Å²) in [5.74, 6) is 0.120. The van der Waals surface area contributed by atoms with Crippen molar-refractivity contribution >= 4 is 5.78 Å². The lowest BCUT2D eigenvalue weighted by molar-refractivity contribution is 0.101. The zero-order valence-corrected chi connectivity index (χ0v) is 7.45. The van der Waals surface area contributed by atoms with Crippen molar-refractivity contribution in [2.24, 2.45) is 0 Å². The van der Waals surface area contributed by atoms with E-state index in [4.69, 9.17) is 0 Å². The summed E-state index contributed by atoms with van der Waals surface area (Å²) in [6, 6.07) is 1.84. The Kier molecular flexibility index (Phi) is 2.86. The van der Waals surface area contributed by atoms with Gasteiger partial charge in [0.15, 0.2) is 5.78 Å². The van der Waals surface area contributed by atoms with E-state index < -0.39 is 0 Å². The third kappa shape index (κ3) is 2.09. The lowest BCUT2D eigenvalue weighted by atomic mass is 10.2. The van der Waals surface area contributed by atoms with E-state index in [0.717, 1.165) is 12.1 Å². The van der Waals surface area contributed by atoms with E-state index in [2.05, 4.69) is 0 Å². The highest BCUT2D eigenvalue weighted by atomic mass is 16.1. The summed E-state index contributed by atoms with van der Waals surface area (Å²) >= 11 is 0. The zero-order valence-electron chi connectivity index (χ0n) is 7.45. The predicted molar refractivity (Wildman–Crippen MR) is 49.3 cm³/mol. The van der Waals surface area contributed by atoms with Gasteiger partial charge in [-0.05, 0) is 19.9 Å². The van der Waals surface area contributed by atoms with Gasteiger partial charge in [0.25, 0.3) is 0 Å². The van der Waals surface area contributed by atoms with Crippen molar-refractivity contribution < 1.29 is 4.79 Å². The summed E-state index contributed by atoms with van der Waals surface area (Å²) < 4.78 is 1.98. The maximum atomic E-state index is 10.9. The molecule has 0 unspecified atom stereocenters. The third-order valence-electron chi connectivity index (χ3n) is 1.71. The Labute approximate surface area is 72.5 Å². The molecule has 2 heteroatoms. The Bertz CT molecular complexity index is 297. The Morgan fingerprint density at radius 2 is 2.42 bits per heavy atom. The van der Waals surface area contributed by atoms with Crippen LogP contribution in [0.5, 0.6) is 0 Å². The highest BCUT2D eigenvalue weighted by Crippen LogP contribution is 2.01. The van der Waals surface area contributed by atoms with Crippen LogP contribution in [0.2, 0.25) is 0 Å². The topological polar surface area (TPSA) is 22.0 Å². The minimum absolute atomic E-state index is 0.120. The molecule has 0 atom stereocenters. The lowest BCUT2D eigenvalue weighted by Gasteiger charge is -1.94. The molecule has 0 aromatic carbocycles. The van der Waals surface area contributed by atoms with Gasteiger partial charge in [0.1, 0.15) is 0 Å². The fraction of sp³-hybridized carbons (Fsp3) is 0.300. The van der Waals surface area contributed by atoms with E-state index >= 15 is 0 Å². The number of nitrogens with zero attached hydrogens (tertiary/aromatic N) is 1. The molecule has 1 aromatic rings. The molecule has 0 aliphatic heterocycles. The molecule has 0 saturated heterocycles. The first-order chi connectivity index (χ1) is 5.74. The first kappa shape index (κ1) is 8.78. The Balaban J connectivity index is 2.70. The van der Waals surface area contributed by atoms with Gasteiger partial charge in [0, 0.05) is 24.5 Å². The van der Waals surface area contributed by atoms with Crippen LogP contribution in [0.4, 0.5) is 0 Å². The minimum atomic E-state index is 0.120. The van der Waals surface area contributed by atoms with E-state index in [-0.39, 0.29) is 5.78 Å². The molecular formula is C10H13NO. The van der Waals surface area contributed by atoms with Crippen LogP contribution in [0.3, 0.4) is 0 Å². The second-order valence-corrected chi connectivity index (χ2v) is 2.72. The van der Waals surface area contributed by atoms with Crippen LogP contribution in [0.15, 0.2) is 30.6 Å². The van der Waals surface area contributed by atoms with E-state index in [1.54, 1.807) is 6.92 Å². The molecule has 0 fully saturated rings. The van der Waals surface area contributed by atoms with E-state index in [1.165, 1.54) is 0 Å². The first-order valence-electron chi connectivity index (χ1n) is 4.02. The van der Waals surface area contributed by atoms with Crippen molar-refractivity contribution in [2.75, 3.05) is 0 Å². The normalized spacial score (nSPS) is 10.8. The van der Waals surface area contributed by atoms with Crippen LogP contribution >= 0.6 is 0 Å². The smallest absolute Gasteiger partial charge is 0.161 e. The van der Waals surface area contributed by atoms with Gasteiger partial charge in [0.2, 0.25) is 0 Å². The Morgan fingerprint density at radius 1 is 1.67 bits per heavy atom. The fourth-order valence-corrected chi connectivity index (χ4v) is 0.990. The van der Waals surface area contributed by atoms with Gasteiger partial charge >= 0.3 is 0 Å². The molecule has 1 heterocycles. The van der Waals surface area contributed by atoms with Gasteiger partial charge in [-0.3, -0.25) is 4.79 Å². The Hall–Kier alpha value is -1.31.